The molecule has 12 heavy (non-hydrogen) atoms. The van der Waals surface area contributed by atoms with Gasteiger partial charge in [0.05, 0.1) is 12.7 Å². The number of hydrogen-bond acceptors (Lipinski definition) is 3. The SMILES string of the molecule is CCC(O)C(C)N(C)CCOC. The lowest BCUT2D eigenvalue weighted by atomic mass is 10.1. The molecule has 0 spiro atoms. The molecule has 3 nitrogen and oxygen atoms in total. The summed E-state index contributed by atoms with van der Waals surface area (Å²) < 4.78 is 4.95. The standard InChI is InChI=1S/C9H21NO2/c1-5-9(11)8(2)10(3)6-7-12-4/h8-9,11H,5-7H2,1-4H3. The van der Waals surface area contributed by atoms with Crippen LogP contribution in [0.15, 0.2) is 0 Å². The minimum atomic E-state index is -0.230. The van der Waals surface area contributed by atoms with Crippen LogP contribution in [0, 0.1) is 0 Å². The van der Waals surface area contributed by atoms with Gasteiger partial charge in [0.25, 0.3) is 0 Å². The van der Waals surface area contributed by atoms with Gasteiger partial charge in [0.1, 0.15) is 0 Å². The van der Waals surface area contributed by atoms with Crippen LogP contribution in [-0.2, 0) is 4.74 Å². The van der Waals surface area contributed by atoms with Gasteiger partial charge in [-0.2, -0.15) is 0 Å². The first kappa shape index (κ1) is 11.9. The monoisotopic (exact) mass is 175 g/mol. The second-order valence-corrected chi connectivity index (χ2v) is 3.19. The van der Waals surface area contributed by atoms with Crippen LogP contribution in [0.4, 0.5) is 0 Å². The Morgan fingerprint density at radius 3 is 2.50 bits per heavy atom. The van der Waals surface area contributed by atoms with Crippen molar-refractivity contribution in [2.75, 3.05) is 27.3 Å². The fraction of sp³-hybridized carbons (Fsp3) is 1.00. The first-order valence-corrected chi connectivity index (χ1v) is 4.50. The molecule has 2 unspecified atom stereocenters. The summed E-state index contributed by atoms with van der Waals surface area (Å²) >= 11 is 0. The van der Waals surface area contributed by atoms with Gasteiger partial charge in [0.2, 0.25) is 0 Å². The van der Waals surface area contributed by atoms with Crippen LogP contribution in [0.3, 0.4) is 0 Å². The molecule has 0 saturated heterocycles. The van der Waals surface area contributed by atoms with Crippen molar-refractivity contribution < 1.29 is 9.84 Å². The molecule has 0 amide bonds. The van der Waals surface area contributed by atoms with E-state index in [0.717, 1.165) is 19.6 Å². The fourth-order valence-corrected chi connectivity index (χ4v) is 1.07. The Morgan fingerprint density at radius 2 is 2.08 bits per heavy atom. The van der Waals surface area contributed by atoms with Crippen molar-refractivity contribution in [3.63, 3.8) is 0 Å². The van der Waals surface area contributed by atoms with Gasteiger partial charge in [-0.1, -0.05) is 6.92 Å². The van der Waals surface area contributed by atoms with Crippen molar-refractivity contribution in [2.45, 2.75) is 32.4 Å². The molecule has 0 aliphatic carbocycles. The van der Waals surface area contributed by atoms with Gasteiger partial charge in [0, 0.05) is 19.7 Å². The summed E-state index contributed by atoms with van der Waals surface area (Å²) in [4.78, 5) is 2.11. The second kappa shape index (κ2) is 6.40. The molecule has 0 aliphatic heterocycles. The molecular weight excluding hydrogens is 154 g/mol. The van der Waals surface area contributed by atoms with Crippen molar-refractivity contribution in [2.24, 2.45) is 0 Å². The van der Waals surface area contributed by atoms with E-state index in [-0.39, 0.29) is 12.1 Å². The van der Waals surface area contributed by atoms with Gasteiger partial charge in [-0.3, -0.25) is 4.90 Å². The number of hydrogen-bond donors (Lipinski definition) is 1. The van der Waals surface area contributed by atoms with Crippen molar-refractivity contribution in [3.8, 4) is 0 Å². The van der Waals surface area contributed by atoms with Crippen LogP contribution in [0.1, 0.15) is 20.3 Å². The largest absolute Gasteiger partial charge is 0.392 e. The Balaban J connectivity index is 3.67. The average molecular weight is 175 g/mol. The van der Waals surface area contributed by atoms with E-state index in [2.05, 4.69) is 4.90 Å². The lowest BCUT2D eigenvalue weighted by Crippen LogP contribution is -2.40. The average Bonchev–Trinajstić information content (AvgIpc) is 2.11. The summed E-state index contributed by atoms with van der Waals surface area (Å²) in [5.41, 5.74) is 0. The Kier molecular flexibility index (Phi) is 6.34. The van der Waals surface area contributed by atoms with Crippen LogP contribution >= 0.6 is 0 Å². The van der Waals surface area contributed by atoms with Crippen molar-refractivity contribution in [3.05, 3.63) is 0 Å². The van der Waals surface area contributed by atoms with Crippen LogP contribution in [0.5, 0.6) is 0 Å². The highest BCUT2D eigenvalue weighted by Crippen LogP contribution is 2.04. The maximum atomic E-state index is 9.51. The van der Waals surface area contributed by atoms with Gasteiger partial charge >= 0.3 is 0 Å². The van der Waals surface area contributed by atoms with E-state index in [4.69, 9.17) is 4.74 Å². The zero-order valence-electron chi connectivity index (χ0n) is 8.58. The lowest BCUT2D eigenvalue weighted by molar-refractivity contribution is 0.0550. The zero-order chi connectivity index (χ0) is 9.56. The molecule has 0 aromatic carbocycles. The molecule has 0 aromatic rings. The number of aliphatic hydroxyl groups is 1. The van der Waals surface area contributed by atoms with Crippen molar-refractivity contribution >= 4 is 0 Å². The number of methoxy groups -OCH3 is 1. The molecule has 0 aliphatic rings. The van der Waals surface area contributed by atoms with Crippen molar-refractivity contribution in [1.82, 2.24) is 4.90 Å². The summed E-state index contributed by atoms with van der Waals surface area (Å²) in [6, 6.07) is 0.213. The normalized spacial score (nSPS) is 16.5. The molecule has 0 rings (SSSR count). The third kappa shape index (κ3) is 4.04. The highest BCUT2D eigenvalue weighted by atomic mass is 16.5. The van der Waals surface area contributed by atoms with Gasteiger partial charge in [-0.05, 0) is 20.4 Å². The molecule has 0 bridgehead atoms. The van der Waals surface area contributed by atoms with Crippen LogP contribution in [0.2, 0.25) is 0 Å². The molecule has 2 atom stereocenters. The zero-order valence-corrected chi connectivity index (χ0v) is 8.58. The van der Waals surface area contributed by atoms with E-state index in [1.807, 2.05) is 20.9 Å². The Bertz CT molecular complexity index is 109. The number of rotatable bonds is 6. The van der Waals surface area contributed by atoms with E-state index in [1.165, 1.54) is 0 Å². The van der Waals surface area contributed by atoms with E-state index in [0.29, 0.717) is 0 Å². The number of aliphatic hydroxyl groups excluding tert-OH is 1. The third-order valence-electron chi connectivity index (χ3n) is 2.32. The Morgan fingerprint density at radius 1 is 1.50 bits per heavy atom. The summed E-state index contributed by atoms with van der Waals surface area (Å²) in [5, 5.41) is 9.51. The summed E-state index contributed by atoms with van der Waals surface area (Å²) in [6.45, 7) is 5.61. The maximum absolute atomic E-state index is 9.51. The molecular formula is C9H21NO2. The summed E-state index contributed by atoms with van der Waals surface area (Å²) in [6.07, 6.45) is 0.574. The molecule has 0 fully saturated rings. The van der Waals surface area contributed by atoms with E-state index in [9.17, 15) is 5.11 Å². The predicted octanol–water partition coefficient (Wildman–Crippen LogP) is 0.724. The Hall–Kier alpha value is -0.120. The molecule has 0 heterocycles. The van der Waals surface area contributed by atoms with Gasteiger partial charge in [-0.25, -0.2) is 0 Å². The number of ether oxygens (including phenoxy) is 1. The first-order valence-electron chi connectivity index (χ1n) is 4.50. The molecule has 1 N–H and O–H groups in total. The molecule has 0 saturated carbocycles. The minimum Gasteiger partial charge on any atom is -0.392 e. The highest BCUT2D eigenvalue weighted by Gasteiger charge is 2.15. The molecule has 0 aromatic heterocycles. The van der Waals surface area contributed by atoms with Crippen molar-refractivity contribution in [1.29, 1.82) is 0 Å². The minimum absolute atomic E-state index is 0.213. The van der Waals surface area contributed by atoms with E-state index < -0.39 is 0 Å². The smallest absolute Gasteiger partial charge is 0.0690 e. The molecule has 74 valence electrons. The predicted molar refractivity (Wildman–Crippen MR) is 50.3 cm³/mol. The summed E-state index contributed by atoms with van der Waals surface area (Å²) in [5.74, 6) is 0. The van der Waals surface area contributed by atoms with Gasteiger partial charge < -0.3 is 9.84 Å². The number of nitrogens with zero attached hydrogens (tertiary/aromatic N) is 1. The highest BCUT2D eigenvalue weighted by molar-refractivity contribution is 4.70. The van der Waals surface area contributed by atoms with E-state index >= 15 is 0 Å². The second-order valence-electron chi connectivity index (χ2n) is 3.19. The topological polar surface area (TPSA) is 32.7 Å². The lowest BCUT2D eigenvalue weighted by Gasteiger charge is -2.27. The quantitative estimate of drug-likeness (QED) is 0.646. The summed E-state index contributed by atoms with van der Waals surface area (Å²) in [7, 11) is 3.69. The molecule has 3 heteroatoms. The van der Waals surface area contributed by atoms with Gasteiger partial charge in [-0.15, -0.1) is 0 Å². The van der Waals surface area contributed by atoms with Gasteiger partial charge in [0.15, 0.2) is 0 Å². The first-order chi connectivity index (χ1) is 5.63. The Labute approximate surface area is 75.3 Å². The molecule has 0 radical (unpaired) electrons. The maximum Gasteiger partial charge on any atom is 0.0690 e. The third-order valence-corrected chi connectivity index (χ3v) is 2.32. The van der Waals surface area contributed by atoms with Crippen LogP contribution in [-0.4, -0.2) is 49.5 Å². The van der Waals surface area contributed by atoms with Crippen LogP contribution in [0.25, 0.3) is 0 Å². The van der Waals surface area contributed by atoms with Crippen LogP contribution < -0.4 is 0 Å². The van der Waals surface area contributed by atoms with E-state index in [1.54, 1.807) is 7.11 Å². The fourth-order valence-electron chi connectivity index (χ4n) is 1.07. The number of likely N-dealkylation sites (N-methyl/N-ethyl adjacent to an activating group) is 1.